The summed E-state index contributed by atoms with van der Waals surface area (Å²) in [7, 11) is 0. The van der Waals surface area contributed by atoms with Crippen LogP contribution in [0.3, 0.4) is 0 Å². The molecule has 108 valence electrons. The Balaban J connectivity index is 0.00000180. The molecule has 1 atom stereocenters. The maximum Gasteiger partial charge on any atom is 0.0449 e. The summed E-state index contributed by atoms with van der Waals surface area (Å²) >= 11 is 3.55. The van der Waals surface area contributed by atoms with Crippen molar-refractivity contribution in [3.05, 3.63) is 33.8 Å². The third kappa shape index (κ3) is 4.43. The molecular weight excluding hydrogens is 328 g/mol. The largest absolute Gasteiger partial charge is 0.396 e. The van der Waals surface area contributed by atoms with E-state index in [0.717, 1.165) is 37.1 Å². The highest BCUT2D eigenvalue weighted by atomic mass is 79.9. The zero-order chi connectivity index (χ0) is 13.0. The fourth-order valence-electron chi connectivity index (χ4n) is 2.62. The van der Waals surface area contributed by atoms with Crippen molar-refractivity contribution < 1.29 is 5.11 Å². The first-order chi connectivity index (χ1) is 8.72. The van der Waals surface area contributed by atoms with Gasteiger partial charge in [-0.15, -0.1) is 12.4 Å². The van der Waals surface area contributed by atoms with Gasteiger partial charge in [-0.3, -0.25) is 4.90 Å². The predicted octanol–water partition coefficient (Wildman–Crippen LogP) is 2.51. The fourth-order valence-corrected chi connectivity index (χ4v) is 3.00. The zero-order valence-corrected chi connectivity index (χ0v) is 13.6. The number of rotatable bonds is 4. The number of benzene rings is 1. The van der Waals surface area contributed by atoms with E-state index in [9.17, 15) is 5.11 Å². The van der Waals surface area contributed by atoms with Crippen molar-refractivity contribution in [1.29, 1.82) is 0 Å². The van der Waals surface area contributed by atoms with Crippen LogP contribution in [0.2, 0.25) is 0 Å². The van der Waals surface area contributed by atoms with Crippen LogP contribution in [0.1, 0.15) is 23.6 Å². The third-order valence-electron chi connectivity index (χ3n) is 3.60. The Bertz CT molecular complexity index is 397. The van der Waals surface area contributed by atoms with Gasteiger partial charge in [0.05, 0.1) is 0 Å². The molecule has 0 amide bonds. The minimum Gasteiger partial charge on any atom is -0.396 e. The van der Waals surface area contributed by atoms with Gasteiger partial charge in [-0.2, -0.15) is 0 Å². The number of halogens is 2. The summed E-state index contributed by atoms with van der Waals surface area (Å²) in [6.45, 7) is 6.56. The van der Waals surface area contributed by atoms with Gasteiger partial charge in [0.15, 0.2) is 0 Å². The normalized spacial score (nSPS) is 17.8. The van der Waals surface area contributed by atoms with Gasteiger partial charge in [0.1, 0.15) is 0 Å². The molecule has 1 fully saturated rings. The average molecular weight is 350 g/mol. The van der Waals surface area contributed by atoms with E-state index in [1.54, 1.807) is 0 Å². The van der Waals surface area contributed by atoms with E-state index in [1.807, 2.05) is 0 Å². The number of nitrogens with zero attached hydrogens (tertiary/aromatic N) is 1. The quantitative estimate of drug-likeness (QED) is 0.877. The highest BCUT2D eigenvalue weighted by Gasteiger charge is 2.23. The van der Waals surface area contributed by atoms with Crippen molar-refractivity contribution in [2.45, 2.75) is 19.4 Å². The zero-order valence-electron chi connectivity index (χ0n) is 11.2. The number of aliphatic hydroxyl groups excluding tert-OH is 1. The number of aliphatic hydroxyl groups is 1. The molecule has 0 bridgehead atoms. The van der Waals surface area contributed by atoms with Crippen LogP contribution in [0.4, 0.5) is 0 Å². The lowest BCUT2D eigenvalue weighted by Gasteiger charge is -2.35. The molecule has 2 rings (SSSR count). The Morgan fingerprint density at radius 1 is 1.37 bits per heavy atom. The smallest absolute Gasteiger partial charge is 0.0449 e. The molecule has 1 aromatic carbocycles. The summed E-state index contributed by atoms with van der Waals surface area (Å²) in [6, 6.07) is 6.74. The lowest BCUT2D eigenvalue weighted by Crippen LogP contribution is -2.45. The molecule has 0 aliphatic carbocycles. The van der Waals surface area contributed by atoms with E-state index in [0.29, 0.717) is 6.04 Å². The summed E-state index contributed by atoms with van der Waals surface area (Å²) < 4.78 is 1.11. The number of hydrogen-bond donors (Lipinski definition) is 2. The molecule has 2 N–H and O–H groups in total. The Kier molecular flexibility index (Phi) is 7.32. The SMILES string of the molecule is Cc1ccc(Br)cc1[C@H](CCO)N1CCNCC1.Cl. The first-order valence-corrected chi connectivity index (χ1v) is 7.33. The maximum absolute atomic E-state index is 9.33. The molecule has 1 saturated heterocycles. The number of aryl methyl sites for hydroxylation is 1. The Labute approximate surface area is 129 Å². The monoisotopic (exact) mass is 348 g/mol. The van der Waals surface area contributed by atoms with Crippen LogP contribution < -0.4 is 5.32 Å². The third-order valence-corrected chi connectivity index (χ3v) is 4.09. The Morgan fingerprint density at radius 3 is 2.68 bits per heavy atom. The summed E-state index contributed by atoms with van der Waals surface area (Å²) in [5, 5.41) is 12.7. The van der Waals surface area contributed by atoms with Crippen molar-refractivity contribution in [3.8, 4) is 0 Å². The van der Waals surface area contributed by atoms with Crippen LogP contribution in [-0.2, 0) is 0 Å². The Hall–Kier alpha value is -0.130. The van der Waals surface area contributed by atoms with Gasteiger partial charge in [0.2, 0.25) is 0 Å². The number of piperazine rings is 1. The molecule has 1 heterocycles. The second-order valence-electron chi connectivity index (χ2n) is 4.81. The fraction of sp³-hybridized carbons (Fsp3) is 0.571. The van der Waals surface area contributed by atoms with E-state index in [4.69, 9.17) is 0 Å². The van der Waals surface area contributed by atoms with Crippen LogP contribution in [-0.4, -0.2) is 42.8 Å². The number of nitrogens with one attached hydrogen (secondary N) is 1. The van der Waals surface area contributed by atoms with Gasteiger partial charge in [0, 0.05) is 43.3 Å². The van der Waals surface area contributed by atoms with Crippen molar-refractivity contribution in [2.75, 3.05) is 32.8 Å². The first kappa shape index (κ1) is 16.9. The van der Waals surface area contributed by atoms with E-state index < -0.39 is 0 Å². The lowest BCUT2D eigenvalue weighted by atomic mass is 9.97. The van der Waals surface area contributed by atoms with Crippen molar-refractivity contribution in [1.82, 2.24) is 10.2 Å². The molecule has 0 radical (unpaired) electrons. The van der Waals surface area contributed by atoms with Gasteiger partial charge in [0.25, 0.3) is 0 Å². The summed E-state index contributed by atoms with van der Waals surface area (Å²) in [5.41, 5.74) is 2.63. The van der Waals surface area contributed by atoms with Crippen molar-refractivity contribution in [3.63, 3.8) is 0 Å². The molecular formula is C14H22BrClN2O. The van der Waals surface area contributed by atoms with Crippen molar-refractivity contribution in [2.24, 2.45) is 0 Å². The highest BCUT2D eigenvalue weighted by Crippen LogP contribution is 2.29. The molecule has 0 unspecified atom stereocenters. The molecule has 1 aliphatic heterocycles. The highest BCUT2D eigenvalue weighted by molar-refractivity contribution is 9.10. The van der Waals surface area contributed by atoms with Gasteiger partial charge >= 0.3 is 0 Å². The van der Waals surface area contributed by atoms with Gasteiger partial charge in [-0.05, 0) is 36.6 Å². The molecule has 1 aliphatic rings. The standard InChI is InChI=1S/C14H21BrN2O.ClH/c1-11-2-3-12(15)10-13(11)14(4-9-18)17-7-5-16-6-8-17;/h2-3,10,14,16,18H,4-9H2,1H3;1H/t14-;/m0./s1. The van der Waals surface area contributed by atoms with E-state index in [-0.39, 0.29) is 19.0 Å². The average Bonchev–Trinajstić information content (AvgIpc) is 2.40. The van der Waals surface area contributed by atoms with Crippen LogP contribution in [0.5, 0.6) is 0 Å². The topological polar surface area (TPSA) is 35.5 Å². The summed E-state index contributed by atoms with van der Waals surface area (Å²) in [5.74, 6) is 0. The van der Waals surface area contributed by atoms with Gasteiger partial charge in [-0.1, -0.05) is 22.0 Å². The molecule has 3 nitrogen and oxygen atoms in total. The molecule has 19 heavy (non-hydrogen) atoms. The molecule has 0 spiro atoms. The molecule has 5 heteroatoms. The van der Waals surface area contributed by atoms with E-state index >= 15 is 0 Å². The molecule has 0 aromatic heterocycles. The number of hydrogen-bond acceptors (Lipinski definition) is 3. The van der Waals surface area contributed by atoms with Gasteiger partial charge in [-0.25, -0.2) is 0 Å². The minimum atomic E-state index is 0. The van der Waals surface area contributed by atoms with Crippen LogP contribution in [0.15, 0.2) is 22.7 Å². The van der Waals surface area contributed by atoms with E-state index in [2.05, 4.69) is 51.3 Å². The maximum atomic E-state index is 9.33. The van der Waals surface area contributed by atoms with Gasteiger partial charge < -0.3 is 10.4 Å². The lowest BCUT2D eigenvalue weighted by molar-refractivity contribution is 0.140. The first-order valence-electron chi connectivity index (χ1n) is 6.54. The predicted molar refractivity (Wildman–Crippen MR) is 85.0 cm³/mol. The second-order valence-corrected chi connectivity index (χ2v) is 5.73. The van der Waals surface area contributed by atoms with Crippen molar-refractivity contribution >= 4 is 28.3 Å². The molecule has 1 aromatic rings. The summed E-state index contributed by atoms with van der Waals surface area (Å²) in [4.78, 5) is 2.47. The Morgan fingerprint density at radius 2 is 2.05 bits per heavy atom. The van der Waals surface area contributed by atoms with Crippen LogP contribution >= 0.6 is 28.3 Å². The van der Waals surface area contributed by atoms with Crippen LogP contribution in [0, 0.1) is 6.92 Å². The summed E-state index contributed by atoms with van der Waals surface area (Å²) in [6.07, 6.45) is 0.803. The minimum absolute atomic E-state index is 0. The van der Waals surface area contributed by atoms with Crippen LogP contribution in [0.25, 0.3) is 0 Å². The van der Waals surface area contributed by atoms with E-state index in [1.165, 1.54) is 11.1 Å². The molecule has 0 saturated carbocycles. The second kappa shape index (κ2) is 8.22.